The molecule has 2 aromatic carbocycles. The molecule has 1 heterocycles. The van der Waals surface area contributed by atoms with Crippen molar-refractivity contribution >= 4 is 39.7 Å². The van der Waals surface area contributed by atoms with Gasteiger partial charge in [0, 0.05) is 38.0 Å². The van der Waals surface area contributed by atoms with Crippen LogP contribution < -0.4 is 20.3 Å². The van der Waals surface area contributed by atoms with Crippen LogP contribution in [0.4, 0.5) is 22.9 Å². The standard InChI is InChI=1S/C22H30N6O2/c1-6-21(29)23-17-13-18(24-22-15-9-7-8-10-16(15)25-26-22)20(30-5)14-19(17)28(4)12-11-27(2)3/h7-10,13-14H,6,11-12H2,1-5H3,(H,23,29)(H2,24,25,26). The molecule has 0 fully saturated rings. The number of hydrogen-bond donors (Lipinski definition) is 3. The second-order valence-electron chi connectivity index (χ2n) is 7.44. The smallest absolute Gasteiger partial charge is 0.224 e. The summed E-state index contributed by atoms with van der Waals surface area (Å²) in [6.45, 7) is 3.53. The SMILES string of the molecule is CCC(=O)Nc1cc(Nc2n[nH]c3ccccc23)c(OC)cc1N(C)CCN(C)C. The van der Waals surface area contributed by atoms with Crippen molar-refractivity contribution < 1.29 is 9.53 Å². The quantitative estimate of drug-likeness (QED) is 0.499. The van der Waals surface area contributed by atoms with E-state index in [1.807, 2.05) is 64.5 Å². The number of anilines is 4. The lowest BCUT2D eigenvalue weighted by Gasteiger charge is -2.26. The Bertz CT molecular complexity index is 1010. The van der Waals surface area contributed by atoms with Crippen molar-refractivity contribution in [3.05, 3.63) is 36.4 Å². The molecule has 1 amide bonds. The van der Waals surface area contributed by atoms with Crippen LogP contribution in [-0.4, -0.2) is 62.3 Å². The van der Waals surface area contributed by atoms with E-state index in [1.165, 1.54) is 0 Å². The molecule has 3 N–H and O–H groups in total. The predicted molar refractivity (Wildman–Crippen MR) is 123 cm³/mol. The molecule has 0 aliphatic heterocycles. The summed E-state index contributed by atoms with van der Waals surface area (Å²) in [5.74, 6) is 1.33. The van der Waals surface area contributed by atoms with E-state index < -0.39 is 0 Å². The first-order valence-corrected chi connectivity index (χ1v) is 10.0. The van der Waals surface area contributed by atoms with Gasteiger partial charge < -0.3 is 25.2 Å². The molecule has 0 spiro atoms. The number of aromatic nitrogens is 2. The van der Waals surface area contributed by atoms with Crippen molar-refractivity contribution in [1.29, 1.82) is 0 Å². The zero-order valence-corrected chi connectivity index (χ0v) is 18.2. The van der Waals surface area contributed by atoms with Crippen LogP contribution in [0, 0.1) is 0 Å². The minimum atomic E-state index is -0.0430. The van der Waals surface area contributed by atoms with Crippen molar-refractivity contribution in [3.63, 3.8) is 0 Å². The number of rotatable bonds is 9. The van der Waals surface area contributed by atoms with Gasteiger partial charge in [0.2, 0.25) is 5.91 Å². The molecule has 0 saturated heterocycles. The average Bonchev–Trinajstić information content (AvgIpc) is 3.15. The number of hydrogen-bond acceptors (Lipinski definition) is 6. The molecule has 8 nitrogen and oxygen atoms in total. The third kappa shape index (κ3) is 4.83. The third-order valence-electron chi connectivity index (χ3n) is 4.93. The number of likely N-dealkylation sites (N-methyl/N-ethyl adjacent to an activating group) is 2. The summed E-state index contributed by atoms with van der Waals surface area (Å²) >= 11 is 0. The number of nitrogens with one attached hydrogen (secondary N) is 3. The molecule has 0 aliphatic carbocycles. The maximum absolute atomic E-state index is 12.2. The maximum atomic E-state index is 12.2. The van der Waals surface area contributed by atoms with Crippen molar-refractivity contribution in [2.45, 2.75) is 13.3 Å². The predicted octanol–water partition coefficient (Wildman–Crippen LogP) is 3.66. The number of fused-ring (bicyclic) bond motifs is 1. The Morgan fingerprint density at radius 2 is 1.90 bits per heavy atom. The van der Waals surface area contributed by atoms with Gasteiger partial charge in [-0.2, -0.15) is 5.10 Å². The fraction of sp³-hybridized carbons (Fsp3) is 0.364. The number of H-pyrrole nitrogens is 1. The molecule has 0 atom stereocenters. The van der Waals surface area contributed by atoms with Crippen LogP contribution in [0.1, 0.15) is 13.3 Å². The molecule has 3 rings (SSSR count). The van der Waals surface area contributed by atoms with E-state index in [4.69, 9.17) is 4.74 Å². The Kier molecular flexibility index (Phi) is 6.79. The summed E-state index contributed by atoms with van der Waals surface area (Å²) in [7, 11) is 7.72. The van der Waals surface area contributed by atoms with Crippen LogP contribution in [0.15, 0.2) is 36.4 Å². The highest BCUT2D eigenvalue weighted by atomic mass is 16.5. The number of benzene rings is 2. The first-order chi connectivity index (χ1) is 14.4. The van der Waals surface area contributed by atoms with Gasteiger partial charge in [-0.1, -0.05) is 19.1 Å². The van der Waals surface area contributed by atoms with Crippen LogP contribution in [0.2, 0.25) is 0 Å². The van der Waals surface area contributed by atoms with Crippen molar-refractivity contribution in [1.82, 2.24) is 15.1 Å². The Labute approximate surface area is 177 Å². The molecule has 0 radical (unpaired) electrons. The van der Waals surface area contributed by atoms with Crippen LogP contribution in [0.25, 0.3) is 10.9 Å². The van der Waals surface area contributed by atoms with E-state index in [2.05, 4.69) is 30.6 Å². The number of para-hydroxylation sites is 1. The largest absolute Gasteiger partial charge is 0.494 e. The number of ether oxygens (including phenoxy) is 1. The molecule has 160 valence electrons. The van der Waals surface area contributed by atoms with E-state index >= 15 is 0 Å². The zero-order chi connectivity index (χ0) is 21.7. The second kappa shape index (κ2) is 9.49. The van der Waals surface area contributed by atoms with Gasteiger partial charge in [-0.15, -0.1) is 0 Å². The maximum Gasteiger partial charge on any atom is 0.224 e. The number of nitrogens with zero attached hydrogens (tertiary/aromatic N) is 3. The fourth-order valence-electron chi connectivity index (χ4n) is 3.15. The molecule has 0 unspecified atom stereocenters. The lowest BCUT2D eigenvalue weighted by atomic mass is 10.1. The first-order valence-electron chi connectivity index (χ1n) is 10.0. The molecule has 8 heteroatoms. The monoisotopic (exact) mass is 410 g/mol. The van der Waals surface area contributed by atoms with E-state index in [-0.39, 0.29) is 5.91 Å². The van der Waals surface area contributed by atoms with Crippen LogP contribution in [0.5, 0.6) is 5.75 Å². The summed E-state index contributed by atoms with van der Waals surface area (Å²) in [5.41, 5.74) is 3.30. The van der Waals surface area contributed by atoms with E-state index in [0.717, 1.165) is 41.1 Å². The number of methoxy groups -OCH3 is 1. The van der Waals surface area contributed by atoms with Gasteiger partial charge in [-0.25, -0.2) is 0 Å². The molecule has 0 aliphatic rings. The molecule has 0 bridgehead atoms. The first kappa shape index (κ1) is 21.4. The van der Waals surface area contributed by atoms with Gasteiger partial charge in [0.1, 0.15) is 5.75 Å². The van der Waals surface area contributed by atoms with E-state index in [0.29, 0.717) is 18.0 Å². The van der Waals surface area contributed by atoms with E-state index in [1.54, 1.807) is 7.11 Å². The van der Waals surface area contributed by atoms with Gasteiger partial charge >= 0.3 is 0 Å². The van der Waals surface area contributed by atoms with Crippen LogP contribution >= 0.6 is 0 Å². The fourth-order valence-corrected chi connectivity index (χ4v) is 3.15. The minimum Gasteiger partial charge on any atom is -0.494 e. The highest BCUT2D eigenvalue weighted by Gasteiger charge is 2.17. The molecular weight excluding hydrogens is 380 g/mol. The second-order valence-corrected chi connectivity index (χ2v) is 7.44. The van der Waals surface area contributed by atoms with Crippen molar-refractivity contribution in [2.75, 3.05) is 56.9 Å². The molecule has 0 saturated carbocycles. The molecule has 30 heavy (non-hydrogen) atoms. The number of aromatic amines is 1. The lowest BCUT2D eigenvalue weighted by Crippen LogP contribution is -2.29. The minimum absolute atomic E-state index is 0.0430. The zero-order valence-electron chi connectivity index (χ0n) is 18.2. The Hall–Kier alpha value is -3.26. The molecule has 3 aromatic rings. The lowest BCUT2D eigenvalue weighted by molar-refractivity contribution is -0.115. The van der Waals surface area contributed by atoms with Crippen LogP contribution in [0.3, 0.4) is 0 Å². The summed E-state index contributed by atoms with van der Waals surface area (Å²) in [5, 5.41) is 14.8. The summed E-state index contributed by atoms with van der Waals surface area (Å²) in [6.07, 6.45) is 0.402. The summed E-state index contributed by atoms with van der Waals surface area (Å²) in [6, 6.07) is 11.7. The Balaban J connectivity index is 2.00. The number of carbonyl (C=O) groups excluding carboxylic acids is 1. The van der Waals surface area contributed by atoms with Crippen LogP contribution in [-0.2, 0) is 4.79 Å². The number of amides is 1. The average molecular weight is 411 g/mol. The van der Waals surface area contributed by atoms with Gasteiger partial charge in [0.15, 0.2) is 5.82 Å². The number of carbonyl (C=O) groups is 1. The van der Waals surface area contributed by atoms with Gasteiger partial charge in [-0.3, -0.25) is 9.89 Å². The molecular formula is C22H30N6O2. The summed E-state index contributed by atoms with van der Waals surface area (Å²) in [4.78, 5) is 16.4. The highest BCUT2D eigenvalue weighted by molar-refractivity contribution is 5.97. The topological polar surface area (TPSA) is 85.5 Å². The van der Waals surface area contributed by atoms with Crippen molar-refractivity contribution in [2.24, 2.45) is 0 Å². The Morgan fingerprint density at radius 1 is 1.13 bits per heavy atom. The van der Waals surface area contributed by atoms with Crippen molar-refractivity contribution in [3.8, 4) is 5.75 Å². The normalized spacial score (nSPS) is 11.0. The molecule has 1 aromatic heterocycles. The van der Waals surface area contributed by atoms with Gasteiger partial charge in [-0.05, 0) is 32.3 Å². The summed E-state index contributed by atoms with van der Waals surface area (Å²) < 4.78 is 5.66. The highest BCUT2D eigenvalue weighted by Crippen LogP contribution is 2.38. The van der Waals surface area contributed by atoms with Gasteiger partial charge in [0.25, 0.3) is 0 Å². The van der Waals surface area contributed by atoms with Gasteiger partial charge in [0.05, 0.1) is 29.7 Å². The Morgan fingerprint density at radius 3 is 2.60 bits per heavy atom. The third-order valence-corrected chi connectivity index (χ3v) is 4.93. The van der Waals surface area contributed by atoms with E-state index in [9.17, 15) is 4.79 Å².